The van der Waals surface area contributed by atoms with Crippen molar-refractivity contribution in [3.63, 3.8) is 0 Å². The summed E-state index contributed by atoms with van der Waals surface area (Å²) in [5.41, 5.74) is 5.96. The second-order valence-corrected chi connectivity index (χ2v) is 20.4. The zero-order chi connectivity index (χ0) is 33.6. The predicted octanol–water partition coefficient (Wildman–Crippen LogP) is 10.6. The van der Waals surface area contributed by atoms with E-state index in [1.54, 1.807) is 0 Å². The summed E-state index contributed by atoms with van der Waals surface area (Å²) in [5, 5.41) is 0. The van der Waals surface area contributed by atoms with E-state index in [9.17, 15) is 0 Å². The molecule has 0 spiro atoms. The molecule has 0 aromatic heterocycles. The molecule has 6 heteroatoms. The van der Waals surface area contributed by atoms with Gasteiger partial charge in [-0.2, -0.15) is 0 Å². The summed E-state index contributed by atoms with van der Waals surface area (Å²) < 4.78 is 26.2. The van der Waals surface area contributed by atoms with Gasteiger partial charge in [0.15, 0.2) is 0 Å². The Hall–Kier alpha value is -2.29. The third-order valence-corrected chi connectivity index (χ3v) is 8.55. The Morgan fingerprint density at radius 2 is 0.822 bits per heavy atom. The van der Waals surface area contributed by atoms with Crippen molar-refractivity contribution in [2.45, 2.75) is 101 Å². The fraction of sp³-hybridized carbons (Fsp3) is 0.590. The van der Waals surface area contributed by atoms with Crippen LogP contribution in [-0.4, -0.2) is 34.5 Å². The Labute approximate surface area is 289 Å². The van der Waals surface area contributed by atoms with Gasteiger partial charge in [-0.3, -0.25) is 0 Å². The molecule has 0 saturated heterocycles. The number of hydrogen-bond acceptors (Lipinski definition) is 4. The molecule has 0 aliphatic heterocycles. The molecular weight excluding hydrogens is 687 g/mol. The van der Waals surface area contributed by atoms with Gasteiger partial charge >= 0.3 is 0 Å². The van der Waals surface area contributed by atoms with Crippen LogP contribution < -0.4 is 18.9 Å². The molecule has 0 atom stereocenters. The Morgan fingerprint density at radius 1 is 0.511 bits per heavy atom. The van der Waals surface area contributed by atoms with E-state index in [4.69, 9.17) is 18.9 Å². The zero-order valence-electron chi connectivity index (χ0n) is 29.8. The number of halogens is 1. The van der Waals surface area contributed by atoms with Crippen molar-refractivity contribution in [1.29, 1.82) is 0 Å². The van der Waals surface area contributed by atoms with E-state index in [-0.39, 0.29) is 0 Å². The summed E-state index contributed by atoms with van der Waals surface area (Å²) in [5.74, 6) is 15.6. The molecule has 45 heavy (non-hydrogen) atoms. The van der Waals surface area contributed by atoms with Crippen LogP contribution in [-0.2, 0) is 0 Å². The van der Waals surface area contributed by atoms with Crippen molar-refractivity contribution in [2.75, 3.05) is 26.4 Å². The van der Waals surface area contributed by atoms with E-state index < -0.39 is 8.07 Å². The van der Waals surface area contributed by atoms with E-state index in [0.717, 1.165) is 68.9 Å². The molecule has 248 valence electrons. The van der Waals surface area contributed by atoms with Gasteiger partial charge in [-0.15, -0.1) is 5.54 Å². The van der Waals surface area contributed by atoms with E-state index in [1.165, 1.54) is 0 Å². The maximum absolute atomic E-state index is 6.37. The molecule has 2 aromatic rings. The van der Waals surface area contributed by atoms with Crippen LogP contribution in [0, 0.1) is 50.5 Å². The minimum atomic E-state index is -1.61. The highest BCUT2D eigenvalue weighted by Gasteiger charge is 2.15. The van der Waals surface area contributed by atoms with Crippen LogP contribution in [0.1, 0.15) is 97.8 Å². The Bertz CT molecular complexity index is 1330. The zero-order valence-corrected chi connectivity index (χ0v) is 32.9. The van der Waals surface area contributed by atoms with E-state index >= 15 is 0 Å². The van der Waals surface area contributed by atoms with E-state index in [2.05, 4.69) is 121 Å². The van der Waals surface area contributed by atoms with Crippen LogP contribution in [0.4, 0.5) is 0 Å². The highest BCUT2D eigenvalue weighted by atomic mass is 127. The first kappa shape index (κ1) is 38.9. The van der Waals surface area contributed by atoms with Crippen molar-refractivity contribution in [2.24, 2.45) is 23.7 Å². The predicted molar refractivity (Wildman–Crippen MR) is 202 cm³/mol. The molecular formula is C39H57IO4Si. The SMILES string of the molecule is CC(C)CCOc1cc(C#Cc2cc(OCCC(C)C)c(C#C[Si](C)(C)C)cc2OCCC(C)C)c(OCCC(C)C)cc1I. The van der Waals surface area contributed by atoms with Crippen LogP contribution in [0.25, 0.3) is 0 Å². The molecule has 0 saturated carbocycles. The highest BCUT2D eigenvalue weighted by Crippen LogP contribution is 2.32. The minimum Gasteiger partial charge on any atom is -0.492 e. The molecule has 0 radical (unpaired) electrons. The van der Waals surface area contributed by atoms with Crippen LogP contribution in [0.5, 0.6) is 23.0 Å². The molecule has 0 heterocycles. The Morgan fingerprint density at radius 3 is 1.18 bits per heavy atom. The molecule has 0 aliphatic carbocycles. The molecule has 0 amide bonds. The van der Waals surface area contributed by atoms with Gasteiger partial charge in [0.25, 0.3) is 0 Å². The molecule has 2 aromatic carbocycles. The first-order valence-corrected chi connectivity index (χ1v) is 21.3. The number of rotatable bonds is 16. The molecule has 4 nitrogen and oxygen atoms in total. The first-order chi connectivity index (χ1) is 21.1. The Balaban J connectivity index is 2.65. The van der Waals surface area contributed by atoms with Gasteiger partial charge in [-0.25, -0.2) is 0 Å². The van der Waals surface area contributed by atoms with Crippen molar-refractivity contribution in [3.8, 4) is 46.3 Å². The van der Waals surface area contributed by atoms with Crippen LogP contribution in [0.3, 0.4) is 0 Å². The maximum atomic E-state index is 6.37. The number of benzene rings is 2. The van der Waals surface area contributed by atoms with Gasteiger partial charge in [0, 0.05) is 18.2 Å². The second kappa shape index (κ2) is 19.4. The third-order valence-electron chi connectivity index (χ3n) is 6.83. The van der Waals surface area contributed by atoms with Crippen molar-refractivity contribution < 1.29 is 18.9 Å². The first-order valence-electron chi connectivity index (χ1n) is 16.7. The summed E-state index contributed by atoms with van der Waals surface area (Å²) in [6.07, 6.45) is 3.89. The fourth-order valence-electron chi connectivity index (χ4n) is 3.86. The molecule has 0 N–H and O–H groups in total. The molecule has 0 fully saturated rings. The smallest absolute Gasteiger partial charge is 0.136 e. The average molecular weight is 745 g/mol. The van der Waals surface area contributed by atoms with Crippen molar-refractivity contribution >= 4 is 30.7 Å². The molecule has 0 bridgehead atoms. The highest BCUT2D eigenvalue weighted by molar-refractivity contribution is 14.1. The summed E-state index contributed by atoms with van der Waals surface area (Å²) >= 11 is 2.33. The normalized spacial score (nSPS) is 11.4. The van der Waals surface area contributed by atoms with Crippen LogP contribution in [0.2, 0.25) is 19.6 Å². The topological polar surface area (TPSA) is 36.9 Å². The maximum Gasteiger partial charge on any atom is 0.136 e. The molecule has 0 aliphatic rings. The van der Waals surface area contributed by atoms with Gasteiger partial charge in [-0.1, -0.05) is 92.8 Å². The Kier molecular flexibility index (Phi) is 16.8. The van der Waals surface area contributed by atoms with Crippen LogP contribution >= 0.6 is 22.6 Å². The second-order valence-electron chi connectivity index (χ2n) is 14.5. The van der Waals surface area contributed by atoms with Gasteiger partial charge in [0.05, 0.1) is 46.7 Å². The van der Waals surface area contributed by atoms with Crippen molar-refractivity contribution in [3.05, 3.63) is 44.5 Å². The monoisotopic (exact) mass is 744 g/mol. The lowest BCUT2D eigenvalue weighted by Gasteiger charge is -2.16. The lowest BCUT2D eigenvalue weighted by Crippen LogP contribution is -2.16. The summed E-state index contributed by atoms with van der Waals surface area (Å²) in [6.45, 7) is 27.0. The minimum absolute atomic E-state index is 0.538. The lowest BCUT2D eigenvalue weighted by atomic mass is 10.1. The van der Waals surface area contributed by atoms with Gasteiger partial charge in [-0.05, 0) is 78.0 Å². The van der Waals surface area contributed by atoms with E-state index in [0.29, 0.717) is 50.1 Å². The van der Waals surface area contributed by atoms with Crippen molar-refractivity contribution in [1.82, 2.24) is 0 Å². The number of ether oxygens (including phenoxy) is 4. The summed E-state index contributed by atoms with van der Waals surface area (Å²) in [6, 6.07) is 8.10. The third kappa shape index (κ3) is 15.7. The average Bonchev–Trinajstić information content (AvgIpc) is 2.92. The lowest BCUT2D eigenvalue weighted by molar-refractivity contribution is 0.280. The van der Waals surface area contributed by atoms with Gasteiger partial charge < -0.3 is 18.9 Å². The quantitative estimate of drug-likeness (QED) is 0.0974. The summed E-state index contributed by atoms with van der Waals surface area (Å²) in [7, 11) is -1.61. The summed E-state index contributed by atoms with van der Waals surface area (Å²) in [4.78, 5) is 0. The standard InChI is InChI=1S/C39H57IO4Si/c1-28(2)14-19-41-36-25-34(18-23-45(9,10)11)37(42-20-15-29(3)4)24-32(36)12-13-33-26-39(44-22-17-31(7)8)35(40)27-38(33)43-21-16-30(5)6/h24-31H,14-17,19-22H2,1-11H3. The molecule has 2 rings (SSSR count). The van der Waals surface area contributed by atoms with Gasteiger partial charge in [0.2, 0.25) is 0 Å². The number of hydrogen-bond donors (Lipinski definition) is 0. The molecule has 0 unspecified atom stereocenters. The van der Waals surface area contributed by atoms with Crippen LogP contribution in [0.15, 0.2) is 24.3 Å². The van der Waals surface area contributed by atoms with Gasteiger partial charge in [0.1, 0.15) is 31.1 Å². The van der Waals surface area contributed by atoms with E-state index in [1.807, 2.05) is 24.3 Å². The largest absolute Gasteiger partial charge is 0.492 e. The fourth-order valence-corrected chi connectivity index (χ4v) is 4.97.